The molecule has 0 bridgehead atoms. The smallest absolute Gasteiger partial charge is 0.228 e. The molecule has 7 heteroatoms. The number of phenols is 1. The van der Waals surface area contributed by atoms with Crippen molar-refractivity contribution in [2.24, 2.45) is 0 Å². The lowest BCUT2D eigenvalue weighted by Crippen LogP contribution is -2.20. The Bertz CT molecular complexity index is 1120. The van der Waals surface area contributed by atoms with E-state index in [2.05, 4.69) is 32.7 Å². The van der Waals surface area contributed by atoms with Crippen LogP contribution in [-0.2, 0) is 17.6 Å². The summed E-state index contributed by atoms with van der Waals surface area (Å²) in [6.07, 6.45) is 6.71. The fourth-order valence-electron chi connectivity index (χ4n) is 4.44. The minimum absolute atomic E-state index is 0.0605. The van der Waals surface area contributed by atoms with Crippen LogP contribution in [0.4, 0.5) is 17.3 Å². The van der Waals surface area contributed by atoms with Crippen LogP contribution in [-0.4, -0.2) is 45.5 Å². The molecular weight excluding hydrogens is 402 g/mol. The number of likely N-dealkylation sites (tertiary alicyclic amines) is 1. The van der Waals surface area contributed by atoms with Crippen molar-refractivity contribution in [3.8, 4) is 17.0 Å². The van der Waals surface area contributed by atoms with Gasteiger partial charge in [0.25, 0.3) is 0 Å². The molecule has 0 aliphatic carbocycles. The van der Waals surface area contributed by atoms with Gasteiger partial charge in [0.15, 0.2) is 0 Å². The topological polar surface area (TPSA) is 90.4 Å². The third-order valence-electron chi connectivity index (χ3n) is 6.09. The maximum Gasteiger partial charge on any atom is 0.228 e. The molecule has 1 aromatic heterocycles. The third kappa shape index (κ3) is 4.57. The zero-order chi connectivity index (χ0) is 21.9. The molecule has 2 aromatic carbocycles. The molecule has 0 atom stereocenters. The Kier molecular flexibility index (Phi) is 5.73. The first-order valence-electron chi connectivity index (χ1n) is 11.2. The van der Waals surface area contributed by atoms with Gasteiger partial charge in [0.2, 0.25) is 11.9 Å². The zero-order valence-electron chi connectivity index (χ0n) is 18.0. The summed E-state index contributed by atoms with van der Waals surface area (Å²) in [5.74, 6) is 0.595. The first-order chi connectivity index (χ1) is 15.6. The van der Waals surface area contributed by atoms with Crippen LogP contribution < -0.4 is 10.6 Å². The number of fused-ring (bicyclic) bond motifs is 3. The molecule has 0 unspecified atom stereocenters. The molecule has 0 saturated carbocycles. The van der Waals surface area contributed by atoms with E-state index in [9.17, 15) is 9.90 Å². The molecule has 3 heterocycles. The number of carbonyl (C=O) groups excluding carboxylic acids is 1. The summed E-state index contributed by atoms with van der Waals surface area (Å²) in [6, 6.07) is 13.0. The number of phenolic OH excluding ortho intramolecular Hbond substituents is 1. The van der Waals surface area contributed by atoms with Gasteiger partial charge < -0.3 is 20.6 Å². The molecule has 0 spiro atoms. The Morgan fingerprint density at radius 2 is 1.91 bits per heavy atom. The van der Waals surface area contributed by atoms with Crippen LogP contribution in [0.5, 0.6) is 5.75 Å². The molecule has 3 N–H and O–H groups in total. The third-order valence-corrected chi connectivity index (χ3v) is 6.09. The second-order valence-electron chi connectivity index (χ2n) is 8.50. The quantitative estimate of drug-likeness (QED) is 0.511. The number of rotatable bonds is 6. The standard InChI is InChI=1S/C25H27N5O2/c31-20-8-6-19(7-9-20)27-25-26-16-18-15-23(32)28-22-10-5-17(14-21(22)24(18)29-25)4-3-13-30-11-1-2-12-30/h5-10,14,16,31H,1-4,11-13,15H2,(H,28,32)(H,26,27,29). The van der Waals surface area contributed by atoms with Crippen LogP contribution >= 0.6 is 0 Å². The van der Waals surface area contributed by atoms with Crippen molar-refractivity contribution in [1.29, 1.82) is 0 Å². The Labute approximate surface area is 187 Å². The number of hydrogen-bond donors (Lipinski definition) is 3. The summed E-state index contributed by atoms with van der Waals surface area (Å²) in [5, 5.41) is 15.7. The van der Waals surface area contributed by atoms with E-state index in [0.29, 0.717) is 5.95 Å². The number of carbonyl (C=O) groups is 1. The maximum atomic E-state index is 12.4. The van der Waals surface area contributed by atoms with Crippen molar-refractivity contribution in [1.82, 2.24) is 14.9 Å². The van der Waals surface area contributed by atoms with Crippen LogP contribution in [0.15, 0.2) is 48.7 Å². The van der Waals surface area contributed by atoms with Crippen molar-refractivity contribution in [2.75, 3.05) is 30.3 Å². The molecule has 5 rings (SSSR count). The maximum absolute atomic E-state index is 12.4. The molecule has 1 amide bonds. The highest BCUT2D eigenvalue weighted by Gasteiger charge is 2.21. The van der Waals surface area contributed by atoms with Crippen molar-refractivity contribution < 1.29 is 9.90 Å². The highest BCUT2D eigenvalue weighted by molar-refractivity contribution is 6.00. The van der Waals surface area contributed by atoms with Gasteiger partial charge in [-0.05, 0) is 87.3 Å². The highest BCUT2D eigenvalue weighted by Crippen LogP contribution is 2.34. The Balaban J connectivity index is 1.41. The predicted octanol–water partition coefficient (Wildman–Crippen LogP) is 4.12. The fraction of sp³-hybridized carbons (Fsp3) is 0.320. The predicted molar refractivity (Wildman–Crippen MR) is 125 cm³/mol. The van der Waals surface area contributed by atoms with Gasteiger partial charge >= 0.3 is 0 Å². The van der Waals surface area contributed by atoms with Gasteiger partial charge in [-0.1, -0.05) is 6.07 Å². The van der Waals surface area contributed by atoms with Gasteiger partial charge in [-0.3, -0.25) is 4.79 Å². The monoisotopic (exact) mass is 429 g/mol. The number of anilines is 3. The number of aryl methyl sites for hydroxylation is 1. The van der Waals surface area contributed by atoms with Gasteiger partial charge in [-0.2, -0.15) is 0 Å². The number of aromatic nitrogens is 2. The second kappa shape index (κ2) is 8.96. The van der Waals surface area contributed by atoms with E-state index in [1.165, 1.54) is 31.5 Å². The summed E-state index contributed by atoms with van der Waals surface area (Å²) >= 11 is 0. The van der Waals surface area contributed by atoms with E-state index in [4.69, 9.17) is 4.98 Å². The summed E-state index contributed by atoms with van der Waals surface area (Å²) in [7, 11) is 0. The first kappa shape index (κ1) is 20.5. The summed E-state index contributed by atoms with van der Waals surface area (Å²) < 4.78 is 0. The SMILES string of the molecule is O=C1Cc2cnc(Nc3ccc(O)cc3)nc2-c2cc(CCCN3CCCC3)ccc2N1. The van der Waals surface area contributed by atoms with Crippen LogP contribution in [0.1, 0.15) is 30.4 Å². The minimum Gasteiger partial charge on any atom is -0.508 e. The molecule has 32 heavy (non-hydrogen) atoms. The average molecular weight is 430 g/mol. The molecule has 3 aromatic rings. The Morgan fingerprint density at radius 3 is 2.72 bits per heavy atom. The molecule has 2 aliphatic rings. The molecule has 2 aliphatic heterocycles. The number of amides is 1. The Hall–Kier alpha value is -3.45. The summed E-state index contributed by atoms with van der Waals surface area (Å²) in [6.45, 7) is 3.57. The number of aromatic hydroxyl groups is 1. The lowest BCUT2D eigenvalue weighted by atomic mass is 10.00. The van der Waals surface area contributed by atoms with E-state index in [-0.39, 0.29) is 18.1 Å². The lowest BCUT2D eigenvalue weighted by molar-refractivity contribution is -0.115. The normalized spacial score (nSPS) is 15.6. The average Bonchev–Trinajstić information content (AvgIpc) is 3.26. The molecule has 1 fully saturated rings. The lowest BCUT2D eigenvalue weighted by Gasteiger charge is -2.15. The summed E-state index contributed by atoms with van der Waals surface area (Å²) in [4.78, 5) is 24.1. The molecule has 7 nitrogen and oxygen atoms in total. The van der Waals surface area contributed by atoms with Crippen molar-refractivity contribution in [3.05, 3.63) is 59.8 Å². The first-order valence-corrected chi connectivity index (χ1v) is 11.2. The molecular formula is C25H27N5O2. The fourth-order valence-corrected chi connectivity index (χ4v) is 4.44. The van der Waals surface area contributed by atoms with Crippen LogP contribution in [0.2, 0.25) is 0 Å². The number of benzene rings is 2. The van der Waals surface area contributed by atoms with Crippen molar-refractivity contribution in [2.45, 2.75) is 32.1 Å². The number of nitrogens with one attached hydrogen (secondary N) is 2. The van der Waals surface area contributed by atoms with Gasteiger partial charge in [-0.15, -0.1) is 0 Å². The summed E-state index contributed by atoms with van der Waals surface area (Å²) in [5.41, 5.74) is 5.33. The second-order valence-corrected chi connectivity index (χ2v) is 8.50. The van der Waals surface area contributed by atoms with E-state index in [0.717, 1.165) is 47.6 Å². The van der Waals surface area contributed by atoms with E-state index < -0.39 is 0 Å². The van der Waals surface area contributed by atoms with Crippen LogP contribution in [0, 0.1) is 0 Å². The van der Waals surface area contributed by atoms with Gasteiger partial charge in [0.05, 0.1) is 17.8 Å². The van der Waals surface area contributed by atoms with Crippen LogP contribution in [0.25, 0.3) is 11.3 Å². The number of hydrogen-bond acceptors (Lipinski definition) is 6. The molecule has 164 valence electrons. The van der Waals surface area contributed by atoms with Crippen molar-refractivity contribution >= 4 is 23.2 Å². The van der Waals surface area contributed by atoms with Gasteiger partial charge in [-0.25, -0.2) is 9.97 Å². The van der Waals surface area contributed by atoms with E-state index in [1.807, 2.05) is 6.07 Å². The van der Waals surface area contributed by atoms with Crippen LogP contribution in [0.3, 0.4) is 0 Å². The molecule has 1 saturated heterocycles. The van der Waals surface area contributed by atoms with Gasteiger partial charge in [0.1, 0.15) is 5.75 Å². The van der Waals surface area contributed by atoms with Gasteiger partial charge in [0, 0.05) is 23.0 Å². The largest absolute Gasteiger partial charge is 0.508 e. The Morgan fingerprint density at radius 1 is 1.09 bits per heavy atom. The molecule has 0 radical (unpaired) electrons. The van der Waals surface area contributed by atoms with E-state index >= 15 is 0 Å². The highest BCUT2D eigenvalue weighted by atomic mass is 16.3. The minimum atomic E-state index is -0.0605. The van der Waals surface area contributed by atoms with Crippen molar-refractivity contribution in [3.63, 3.8) is 0 Å². The van der Waals surface area contributed by atoms with E-state index in [1.54, 1.807) is 30.5 Å². The zero-order valence-corrected chi connectivity index (χ0v) is 18.0. The number of nitrogens with zero attached hydrogens (tertiary/aromatic N) is 3.